The number of benzene rings is 1. The molecule has 2 N–H and O–H groups in total. The fourth-order valence-electron chi connectivity index (χ4n) is 3.60. The van der Waals surface area contributed by atoms with E-state index in [-0.39, 0.29) is 0 Å². The van der Waals surface area contributed by atoms with Crippen LogP contribution >= 0.6 is 0 Å². The Bertz CT molecular complexity index is 725. The molecule has 1 aromatic carbocycles. The first-order valence-electron chi connectivity index (χ1n) is 8.58. The van der Waals surface area contributed by atoms with Crippen LogP contribution in [0, 0.1) is 6.92 Å². The summed E-state index contributed by atoms with van der Waals surface area (Å²) in [5, 5.41) is 10.7. The molecule has 1 aliphatic heterocycles. The van der Waals surface area contributed by atoms with Gasteiger partial charge in [0, 0.05) is 17.6 Å². The molecule has 3 rings (SSSR count). The zero-order chi connectivity index (χ0) is 16.6. The number of carboxylic acids is 1. The first-order chi connectivity index (χ1) is 11.0. The number of fused-ring (bicyclic) bond motifs is 1. The first kappa shape index (κ1) is 16.1. The van der Waals surface area contributed by atoms with Gasteiger partial charge >= 0.3 is 5.97 Å². The van der Waals surface area contributed by atoms with Crippen LogP contribution < -0.4 is 0 Å². The maximum atomic E-state index is 11.6. The maximum absolute atomic E-state index is 11.6. The molecule has 2 aromatic rings. The van der Waals surface area contributed by atoms with Gasteiger partial charge in [-0.25, -0.2) is 4.79 Å². The van der Waals surface area contributed by atoms with Crippen LogP contribution in [0.25, 0.3) is 10.9 Å². The Balaban J connectivity index is 2.02. The van der Waals surface area contributed by atoms with E-state index in [1.54, 1.807) is 0 Å². The zero-order valence-corrected chi connectivity index (χ0v) is 14.3. The summed E-state index contributed by atoms with van der Waals surface area (Å²) in [7, 11) is 0. The number of likely N-dealkylation sites (tertiary alicyclic amines) is 1. The summed E-state index contributed by atoms with van der Waals surface area (Å²) < 4.78 is 0. The van der Waals surface area contributed by atoms with Crippen LogP contribution in [0.1, 0.15) is 59.8 Å². The molecule has 1 saturated heterocycles. The second-order valence-corrected chi connectivity index (χ2v) is 6.98. The second kappa shape index (κ2) is 6.36. The van der Waals surface area contributed by atoms with Crippen LogP contribution in [0.4, 0.5) is 0 Å². The second-order valence-electron chi connectivity index (χ2n) is 6.98. The molecule has 0 saturated carbocycles. The van der Waals surface area contributed by atoms with Crippen molar-refractivity contribution >= 4 is 16.9 Å². The highest BCUT2D eigenvalue weighted by Gasteiger charge is 2.19. The maximum Gasteiger partial charge on any atom is 0.337 e. The van der Waals surface area contributed by atoms with E-state index in [1.807, 2.05) is 6.07 Å². The van der Waals surface area contributed by atoms with Crippen molar-refractivity contribution in [2.75, 3.05) is 19.6 Å². The number of nitrogens with zero attached hydrogens (tertiary/aromatic N) is 1. The Hall–Kier alpha value is -1.81. The van der Waals surface area contributed by atoms with Gasteiger partial charge in [0.05, 0.1) is 11.1 Å². The van der Waals surface area contributed by atoms with Gasteiger partial charge in [-0.3, -0.25) is 0 Å². The Morgan fingerprint density at radius 3 is 2.61 bits per heavy atom. The topological polar surface area (TPSA) is 56.3 Å². The van der Waals surface area contributed by atoms with Crippen LogP contribution in [-0.4, -0.2) is 40.6 Å². The average molecular weight is 314 g/mol. The van der Waals surface area contributed by atoms with Gasteiger partial charge in [0.2, 0.25) is 0 Å². The lowest BCUT2D eigenvalue weighted by Gasteiger charge is -2.14. The molecule has 0 atom stereocenters. The predicted molar refractivity (Wildman–Crippen MR) is 93.5 cm³/mol. The van der Waals surface area contributed by atoms with Crippen molar-refractivity contribution in [2.24, 2.45) is 0 Å². The van der Waals surface area contributed by atoms with Crippen molar-refractivity contribution < 1.29 is 9.90 Å². The van der Waals surface area contributed by atoms with E-state index >= 15 is 0 Å². The Morgan fingerprint density at radius 2 is 2.00 bits per heavy atom. The highest BCUT2D eigenvalue weighted by Crippen LogP contribution is 2.30. The Labute approximate surface area is 137 Å². The third-order valence-corrected chi connectivity index (χ3v) is 5.02. The Morgan fingerprint density at radius 1 is 1.30 bits per heavy atom. The standard InChI is InChI=1S/C19H26N2O2/c1-12(2)14-10-16-15(6-9-21-7-4-5-8-21)13(3)20-18(16)17(11-14)19(22)23/h10-12,20H,4-9H2,1-3H3,(H,22,23). The summed E-state index contributed by atoms with van der Waals surface area (Å²) in [5.41, 5.74) is 4.63. The minimum absolute atomic E-state index is 0.319. The molecular weight excluding hydrogens is 288 g/mol. The molecule has 4 heteroatoms. The van der Waals surface area contributed by atoms with E-state index in [2.05, 4.69) is 36.7 Å². The number of hydrogen-bond donors (Lipinski definition) is 2. The molecule has 2 heterocycles. The summed E-state index contributed by atoms with van der Waals surface area (Å²) in [6.07, 6.45) is 3.58. The first-order valence-corrected chi connectivity index (χ1v) is 8.58. The van der Waals surface area contributed by atoms with Crippen LogP contribution in [0.2, 0.25) is 0 Å². The van der Waals surface area contributed by atoms with Gasteiger partial charge in [0.1, 0.15) is 0 Å². The van der Waals surface area contributed by atoms with Gasteiger partial charge in [-0.05, 0) is 68.5 Å². The van der Waals surface area contributed by atoms with Crippen molar-refractivity contribution in [3.63, 3.8) is 0 Å². The normalized spacial score (nSPS) is 15.8. The molecule has 124 valence electrons. The van der Waals surface area contributed by atoms with Crippen LogP contribution in [0.15, 0.2) is 12.1 Å². The molecule has 0 aliphatic carbocycles. The highest BCUT2D eigenvalue weighted by molar-refractivity contribution is 6.04. The fourth-order valence-corrected chi connectivity index (χ4v) is 3.60. The summed E-state index contributed by atoms with van der Waals surface area (Å²) in [6.45, 7) is 9.71. The molecule has 0 bridgehead atoms. The summed E-state index contributed by atoms with van der Waals surface area (Å²) >= 11 is 0. The van der Waals surface area contributed by atoms with Crippen molar-refractivity contribution in [2.45, 2.75) is 46.0 Å². The molecule has 0 radical (unpaired) electrons. The van der Waals surface area contributed by atoms with Gasteiger partial charge < -0.3 is 15.0 Å². The molecule has 1 aliphatic rings. The molecule has 0 unspecified atom stereocenters. The lowest BCUT2D eigenvalue weighted by atomic mass is 9.96. The zero-order valence-electron chi connectivity index (χ0n) is 14.3. The van der Waals surface area contributed by atoms with E-state index in [0.717, 1.165) is 35.1 Å². The average Bonchev–Trinajstić information content (AvgIpc) is 3.10. The number of aryl methyl sites for hydroxylation is 1. The predicted octanol–water partition coefficient (Wildman–Crippen LogP) is 3.94. The number of carbonyl (C=O) groups is 1. The SMILES string of the molecule is Cc1[nH]c2c(C(=O)O)cc(C(C)C)cc2c1CCN1CCCC1. The third-order valence-electron chi connectivity index (χ3n) is 5.02. The number of carboxylic acid groups (broad SMARTS) is 1. The van der Waals surface area contributed by atoms with Gasteiger partial charge in [0.15, 0.2) is 0 Å². The number of H-pyrrole nitrogens is 1. The summed E-state index contributed by atoms with van der Waals surface area (Å²) in [6, 6.07) is 3.99. The number of rotatable bonds is 5. The van der Waals surface area contributed by atoms with E-state index in [4.69, 9.17) is 0 Å². The van der Waals surface area contributed by atoms with E-state index in [0.29, 0.717) is 11.5 Å². The van der Waals surface area contributed by atoms with Crippen LogP contribution in [0.3, 0.4) is 0 Å². The van der Waals surface area contributed by atoms with E-state index < -0.39 is 5.97 Å². The van der Waals surface area contributed by atoms with E-state index in [9.17, 15) is 9.90 Å². The molecule has 1 fully saturated rings. The van der Waals surface area contributed by atoms with E-state index in [1.165, 1.54) is 31.5 Å². The van der Waals surface area contributed by atoms with Gasteiger partial charge in [-0.15, -0.1) is 0 Å². The van der Waals surface area contributed by atoms with Crippen molar-refractivity contribution in [3.05, 3.63) is 34.5 Å². The smallest absolute Gasteiger partial charge is 0.337 e. The minimum Gasteiger partial charge on any atom is -0.478 e. The summed E-state index contributed by atoms with van der Waals surface area (Å²) in [4.78, 5) is 17.5. The molecule has 0 amide bonds. The summed E-state index contributed by atoms with van der Waals surface area (Å²) in [5.74, 6) is -0.538. The number of aromatic carboxylic acids is 1. The molecule has 4 nitrogen and oxygen atoms in total. The third kappa shape index (κ3) is 3.13. The van der Waals surface area contributed by atoms with Crippen LogP contribution in [0.5, 0.6) is 0 Å². The molecule has 23 heavy (non-hydrogen) atoms. The van der Waals surface area contributed by atoms with Crippen molar-refractivity contribution in [3.8, 4) is 0 Å². The quantitative estimate of drug-likeness (QED) is 0.879. The van der Waals surface area contributed by atoms with Crippen molar-refractivity contribution in [1.82, 2.24) is 9.88 Å². The number of aromatic amines is 1. The molecular formula is C19H26N2O2. The number of nitrogens with one attached hydrogen (secondary N) is 1. The molecule has 1 aromatic heterocycles. The molecule has 0 spiro atoms. The fraction of sp³-hybridized carbons (Fsp3) is 0.526. The number of aromatic nitrogens is 1. The largest absolute Gasteiger partial charge is 0.478 e. The van der Waals surface area contributed by atoms with Crippen LogP contribution in [-0.2, 0) is 6.42 Å². The van der Waals surface area contributed by atoms with Crippen molar-refractivity contribution in [1.29, 1.82) is 0 Å². The van der Waals surface area contributed by atoms with Gasteiger partial charge in [0.25, 0.3) is 0 Å². The monoisotopic (exact) mass is 314 g/mol. The lowest BCUT2D eigenvalue weighted by molar-refractivity contribution is 0.0698. The Kier molecular flexibility index (Phi) is 4.44. The van der Waals surface area contributed by atoms with Gasteiger partial charge in [-0.1, -0.05) is 13.8 Å². The minimum atomic E-state index is -0.857. The lowest BCUT2D eigenvalue weighted by Crippen LogP contribution is -2.22. The highest BCUT2D eigenvalue weighted by atomic mass is 16.4. The van der Waals surface area contributed by atoms with Gasteiger partial charge in [-0.2, -0.15) is 0 Å². The number of hydrogen-bond acceptors (Lipinski definition) is 2.